The van der Waals surface area contributed by atoms with Crippen molar-refractivity contribution in [2.75, 3.05) is 5.73 Å². The Kier molecular flexibility index (Phi) is 2.78. The van der Waals surface area contributed by atoms with Crippen LogP contribution < -0.4 is 5.73 Å². The van der Waals surface area contributed by atoms with Crippen LogP contribution in [0.5, 0.6) is 0 Å². The molecule has 2 N–H and O–H groups in total. The van der Waals surface area contributed by atoms with Gasteiger partial charge in [0, 0.05) is 18.9 Å². The van der Waals surface area contributed by atoms with Crippen molar-refractivity contribution >= 4 is 5.69 Å². The van der Waals surface area contributed by atoms with Crippen LogP contribution in [0.4, 0.5) is 5.69 Å². The monoisotopic (exact) mass is 269 g/mol. The van der Waals surface area contributed by atoms with Crippen LogP contribution in [-0.2, 0) is 7.05 Å². The zero-order chi connectivity index (χ0) is 14.3. The number of rotatable bonds is 2. The summed E-state index contributed by atoms with van der Waals surface area (Å²) in [6.07, 6.45) is 1.83. The second kappa shape index (κ2) is 4.48. The van der Waals surface area contributed by atoms with Crippen LogP contribution in [0.3, 0.4) is 0 Å². The number of aryl methyl sites for hydroxylation is 3. The molecule has 0 saturated heterocycles. The van der Waals surface area contributed by atoms with Gasteiger partial charge in [-0.1, -0.05) is 11.2 Å². The lowest BCUT2D eigenvalue weighted by molar-refractivity contribution is 0.432. The molecule has 6 heteroatoms. The van der Waals surface area contributed by atoms with E-state index in [0.717, 1.165) is 16.7 Å². The van der Waals surface area contributed by atoms with Gasteiger partial charge in [0.25, 0.3) is 5.89 Å². The van der Waals surface area contributed by atoms with Gasteiger partial charge in [0.15, 0.2) is 0 Å². The Hall–Kier alpha value is -2.63. The van der Waals surface area contributed by atoms with Gasteiger partial charge in [-0.2, -0.15) is 10.1 Å². The molecule has 3 aromatic rings. The average molecular weight is 269 g/mol. The van der Waals surface area contributed by atoms with E-state index in [9.17, 15) is 0 Å². The molecule has 0 bridgehead atoms. The Balaban J connectivity index is 2.06. The zero-order valence-corrected chi connectivity index (χ0v) is 11.6. The molecular weight excluding hydrogens is 254 g/mol. The van der Waals surface area contributed by atoms with Crippen molar-refractivity contribution in [3.63, 3.8) is 0 Å². The highest BCUT2D eigenvalue weighted by Gasteiger charge is 2.15. The van der Waals surface area contributed by atoms with Crippen molar-refractivity contribution in [2.45, 2.75) is 13.8 Å². The molecule has 0 fully saturated rings. The Morgan fingerprint density at radius 2 is 2.05 bits per heavy atom. The fraction of sp³-hybridized carbons (Fsp3) is 0.214. The third-order valence-corrected chi connectivity index (χ3v) is 3.13. The van der Waals surface area contributed by atoms with E-state index < -0.39 is 0 Å². The Morgan fingerprint density at radius 1 is 1.25 bits per heavy atom. The first kappa shape index (κ1) is 12.4. The summed E-state index contributed by atoms with van der Waals surface area (Å²) in [4.78, 5) is 4.37. The van der Waals surface area contributed by atoms with Gasteiger partial charge in [-0.15, -0.1) is 0 Å². The summed E-state index contributed by atoms with van der Waals surface area (Å²) in [6.45, 7) is 3.97. The third-order valence-electron chi connectivity index (χ3n) is 3.13. The lowest BCUT2D eigenvalue weighted by Crippen LogP contribution is -1.95. The first-order valence-corrected chi connectivity index (χ1v) is 6.25. The van der Waals surface area contributed by atoms with E-state index in [4.69, 9.17) is 10.3 Å². The normalized spacial score (nSPS) is 10.9. The molecule has 0 radical (unpaired) electrons. The van der Waals surface area contributed by atoms with Crippen molar-refractivity contribution < 1.29 is 4.52 Å². The summed E-state index contributed by atoms with van der Waals surface area (Å²) in [5.41, 5.74) is 10.3. The summed E-state index contributed by atoms with van der Waals surface area (Å²) in [6, 6.07) is 5.80. The highest BCUT2D eigenvalue weighted by molar-refractivity contribution is 5.74. The standard InChI is InChI=1S/C14H15N5O/c1-8-6-9(2)12(15)10(7-8)14-16-13(18-20-14)11-4-5-19(3)17-11/h4-7H,15H2,1-3H3. The summed E-state index contributed by atoms with van der Waals surface area (Å²) in [7, 11) is 1.84. The number of nitrogen functional groups attached to an aromatic ring is 1. The highest BCUT2D eigenvalue weighted by atomic mass is 16.5. The van der Waals surface area contributed by atoms with Crippen molar-refractivity contribution in [1.29, 1.82) is 0 Å². The molecule has 0 unspecified atom stereocenters. The van der Waals surface area contributed by atoms with E-state index in [0.29, 0.717) is 23.1 Å². The molecule has 0 aliphatic rings. The van der Waals surface area contributed by atoms with E-state index in [-0.39, 0.29) is 0 Å². The molecule has 2 heterocycles. The van der Waals surface area contributed by atoms with Crippen LogP contribution in [0.15, 0.2) is 28.9 Å². The van der Waals surface area contributed by atoms with Crippen LogP contribution in [0.1, 0.15) is 11.1 Å². The van der Waals surface area contributed by atoms with Crippen LogP contribution in [-0.4, -0.2) is 19.9 Å². The summed E-state index contributed by atoms with van der Waals surface area (Å²) < 4.78 is 7.01. The highest BCUT2D eigenvalue weighted by Crippen LogP contribution is 2.29. The molecule has 20 heavy (non-hydrogen) atoms. The quantitative estimate of drug-likeness (QED) is 0.722. The number of benzene rings is 1. The lowest BCUT2D eigenvalue weighted by atomic mass is 10.0. The van der Waals surface area contributed by atoms with Gasteiger partial charge in [0.1, 0.15) is 5.69 Å². The number of hydrogen-bond donors (Lipinski definition) is 1. The maximum atomic E-state index is 6.09. The van der Waals surface area contributed by atoms with E-state index in [1.807, 2.05) is 45.3 Å². The topological polar surface area (TPSA) is 82.8 Å². The molecular formula is C14H15N5O. The molecule has 2 aromatic heterocycles. The first-order chi connectivity index (χ1) is 9.54. The SMILES string of the molecule is Cc1cc(C)c(N)c(-c2nc(-c3ccn(C)n3)no2)c1. The number of hydrogen-bond acceptors (Lipinski definition) is 5. The molecule has 0 atom stereocenters. The van der Waals surface area contributed by atoms with E-state index in [2.05, 4.69) is 15.2 Å². The van der Waals surface area contributed by atoms with Gasteiger partial charge in [-0.25, -0.2) is 0 Å². The smallest absolute Gasteiger partial charge is 0.260 e. The molecule has 3 rings (SSSR count). The minimum absolute atomic E-state index is 0.412. The maximum absolute atomic E-state index is 6.09. The van der Waals surface area contributed by atoms with Gasteiger partial charge in [-0.3, -0.25) is 4.68 Å². The fourth-order valence-electron chi connectivity index (χ4n) is 2.13. The molecule has 0 aliphatic heterocycles. The van der Waals surface area contributed by atoms with Crippen molar-refractivity contribution in [3.8, 4) is 23.0 Å². The fourth-order valence-corrected chi connectivity index (χ4v) is 2.13. The number of aromatic nitrogens is 4. The average Bonchev–Trinajstić information content (AvgIpc) is 3.02. The number of nitrogens with two attached hydrogens (primary N) is 1. The van der Waals surface area contributed by atoms with Crippen molar-refractivity contribution in [1.82, 2.24) is 19.9 Å². The molecule has 1 aromatic carbocycles. The van der Waals surface area contributed by atoms with Crippen molar-refractivity contribution in [3.05, 3.63) is 35.5 Å². The van der Waals surface area contributed by atoms with Gasteiger partial charge in [0.2, 0.25) is 5.82 Å². The van der Waals surface area contributed by atoms with E-state index in [1.54, 1.807) is 4.68 Å². The Morgan fingerprint density at radius 3 is 2.75 bits per heavy atom. The third kappa shape index (κ3) is 2.05. The number of nitrogens with zero attached hydrogens (tertiary/aromatic N) is 4. The molecule has 102 valence electrons. The second-order valence-electron chi connectivity index (χ2n) is 4.84. The first-order valence-electron chi connectivity index (χ1n) is 6.25. The molecule has 6 nitrogen and oxygen atoms in total. The molecule has 0 saturated carbocycles. The van der Waals surface area contributed by atoms with Gasteiger partial charge < -0.3 is 10.3 Å². The van der Waals surface area contributed by atoms with Crippen molar-refractivity contribution in [2.24, 2.45) is 7.05 Å². The van der Waals surface area contributed by atoms with Crippen LogP contribution in [0, 0.1) is 13.8 Å². The molecule has 0 aliphatic carbocycles. The Bertz CT molecular complexity index is 772. The van der Waals surface area contributed by atoms with Crippen LogP contribution >= 0.6 is 0 Å². The second-order valence-corrected chi connectivity index (χ2v) is 4.84. The van der Waals surface area contributed by atoms with Gasteiger partial charge in [0.05, 0.1) is 5.56 Å². The predicted molar refractivity (Wildman–Crippen MR) is 75.8 cm³/mol. The summed E-state index contributed by atoms with van der Waals surface area (Å²) in [5, 5.41) is 8.20. The van der Waals surface area contributed by atoms with E-state index >= 15 is 0 Å². The molecule has 0 spiro atoms. The number of anilines is 1. The summed E-state index contributed by atoms with van der Waals surface area (Å²) in [5.74, 6) is 0.870. The predicted octanol–water partition coefficient (Wildman–Crippen LogP) is 2.34. The molecule has 0 amide bonds. The lowest BCUT2D eigenvalue weighted by Gasteiger charge is -2.06. The Labute approximate surface area is 116 Å². The van der Waals surface area contributed by atoms with E-state index in [1.165, 1.54) is 0 Å². The maximum Gasteiger partial charge on any atom is 0.260 e. The summed E-state index contributed by atoms with van der Waals surface area (Å²) >= 11 is 0. The van der Waals surface area contributed by atoms with Gasteiger partial charge in [-0.05, 0) is 37.1 Å². The minimum atomic E-state index is 0.412. The van der Waals surface area contributed by atoms with Crippen LogP contribution in [0.25, 0.3) is 23.0 Å². The van der Waals surface area contributed by atoms with Crippen LogP contribution in [0.2, 0.25) is 0 Å². The zero-order valence-electron chi connectivity index (χ0n) is 11.6. The minimum Gasteiger partial charge on any atom is -0.398 e. The largest absolute Gasteiger partial charge is 0.398 e. The van der Waals surface area contributed by atoms with Gasteiger partial charge >= 0.3 is 0 Å².